The zero-order chi connectivity index (χ0) is 20.3. The predicted molar refractivity (Wildman–Crippen MR) is 115 cm³/mol. The molecule has 0 unspecified atom stereocenters. The Morgan fingerprint density at radius 1 is 1.13 bits per heavy atom. The first-order valence-electron chi connectivity index (χ1n) is 10.9. The largest absolute Gasteiger partial charge is 0.490 e. The lowest BCUT2D eigenvalue weighted by Gasteiger charge is -2.32. The predicted octanol–water partition coefficient (Wildman–Crippen LogP) is 4.14. The lowest BCUT2D eigenvalue weighted by molar-refractivity contribution is 0.0635. The van der Waals surface area contributed by atoms with Crippen molar-refractivity contribution in [3.63, 3.8) is 0 Å². The molecule has 6 heteroatoms. The van der Waals surface area contributed by atoms with Gasteiger partial charge in [-0.2, -0.15) is 0 Å². The van der Waals surface area contributed by atoms with Crippen LogP contribution in [0, 0.1) is 0 Å². The Morgan fingerprint density at radius 3 is 2.87 bits per heavy atom. The standard InChI is InChI=1S/C24H27N3O3/c28-24(19-9-1-4-12-22(19)30-16-18-8-6-14-29-18)27-13-5-7-17(15-27)23-25-20-10-2-3-11-21(20)26-23/h1-4,9-12,17-18H,5-8,13-16H2,(H,25,26)/t17-,18-/m1/s1. The Hall–Kier alpha value is -2.86. The Bertz CT molecular complexity index is 992. The van der Waals surface area contributed by atoms with E-state index in [0.717, 1.165) is 55.7 Å². The van der Waals surface area contributed by atoms with Gasteiger partial charge >= 0.3 is 0 Å². The number of nitrogens with one attached hydrogen (secondary N) is 1. The Labute approximate surface area is 176 Å². The minimum absolute atomic E-state index is 0.0266. The molecule has 2 aliphatic heterocycles. The molecule has 3 aromatic rings. The van der Waals surface area contributed by atoms with E-state index in [9.17, 15) is 4.79 Å². The highest BCUT2D eigenvalue weighted by Gasteiger charge is 2.29. The minimum Gasteiger partial charge on any atom is -0.490 e. The summed E-state index contributed by atoms with van der Waals surface area (Å²) in [6, 6.07) is 15.6. The van der Waals surface area contributed by atoms with Crippen molar-refractivity contribution >= 4 is 16.9 Å². The zero-order valence-electron chi connectivity index (χ0n) is 17.0. The molecular formula is C24H27N3O3. The van der Waals surface area contributed by atoms with Crippen LogP contribution in [0.2, 0.25) is 0 Å². The number of aromatic nitrogens is 2. The number of H-pyrrole nitrogens is 1. The van der Waals surface area contributed by atoms with Crippen molar-refractivity contribution in [2.75, 3.05) is 26.3 Å². The Morgan fingerprint density at radius 2 is 2.00 bits per heavy atom. The number of fused-ring (bicyclic) bond motifs is 1. The van der Waals surface area contributed by atoms with Gasteiger partial charge in [-0.15, -0.1) is 0 Å². The van der Waals surface area contributed by atoms with Gasteiger partial charge in [-0.3, -0.25) is 4.79 Å². The molecule has 6 nitrogen and oxygen atoms in total. The van der Waals surface area contributed by atoms with Crippen LogP contribution in [0.25, 0.3) is 11.0 Å². The Balaban J connectivity index is 1.31. The van der Waals surface area contributed by atoms with Crippen molar-refractivity contribution in [1.29, 1.82) is 0 Å². The second-order valence-electron chi connectivity index (χ2n) is 8.17. The summed E-state index contributed by atoms with van der Waals surface area (Å²) in [7, 11) is 0. The fourth-order valence-electron chi connectivity index (χ4n) is 4.45. The van der Waals surface area contributed by atoms with Crippen molar-refractivity contribution in [2.45, 2.75) is 37.7 Å². The quantitative estimate of drug-likeness (QED) is 0.693. The number of imidazole rings is 1. The van der Waals surface area contributed by atoms with E-state index >= 15 is 0 Å². The molecule has 2 aliphatic rings. The van der Waals surface area contributed by atoms with Crippen LogP contribution >= 0.6 is 0 Å². The molecule has 30 heavy (non-hydrogen) atoms. The summed E-state index contributed by atoms with van der Waals surface area (Å²) in [5.41, 5.74) is 2.65. The van der Waals surface area contributed by atoms with Crippen molar-refractivity contribution in [2.24, 2.45) is 0 Å². The highest BCUT2D eigenvalue weighted by Crippen LogP contribution is 2.29. The maximum absolute atomic E-state index is 13.3. The third kappa shape index (κ3) is 3.92. The smallest absolute Gasteiger partial charge is 0.257 e. The van der Waals surface area contributed by atoms with Gasteiger partial charge in [0.25, 0.3) is 5.91 Å². The van der Waals surface area contributed by atoms with Crippen LogP contribution in [0.5, 0.6) is 5.75 Å². The molecule has 0 radical (unpaired) electrons. The molecule has 0 spiro atoms. The van der Waals surface area contributed by atoms with Crippen LogP contribution in [0.4, 0.5) is 0 Å². The number of para-hydroxylation sites is 3. The number of benzene rings is 2. The van der Waals surface area contributed by atoms with E-state index in [2.05, 4.69) is 4.98 Å². The molecule has 0 bridgehead atoms. The molecule has 1 amide bonds. The first kappa shape index (κ1) is 19.1. The van der Waals surface area contributed by atoms with Gasteiger partial charge in [-0.25, -0.2) is 4.98 Å². The first-order chi connectivity index (χ1) is 14.8. The van der Waals surface area contributed by atoms with Gasteiger partial charge < -0.3 is 19.4 Å². The summed E-state index contributed by atoms with van der Waals surface area (Å²) < 4.78 is 11.6. The molecule has 2 saturated heterocycles. The number of rotatable bonds is 5. The highest BCUT2D eigenvalue weighted by molar-refractivity contribution is 5.97. The number of nitrogens with zero attached hydrogens (tertiary/aromatic N) is 2. The highest BCUT2D eigenvalue weighted by atomic mass is 16.5. The van der Waals surface area contributed by atoms with Crippen molar-refractivity contribution in [3.05, 3.63) is 59.9 Å². The van der Waals surface area contributed by atoms with Crippen molar-refractivity contribution in [1.82, 2.24) is 14.9 Å². The van der Waals surface area contributed by atoms with Gasteiger partial charge in [-0.1, -0.05) is 24.3 Å². The Kier molecular flexibility index (Phi) is 5.41. The van der Waals surface area contributed by atoms with Crippen molar-refractivity contribution < 1.29 is 14.3 Å². The summed E-state index contributed by atoms with van der Waals surface area (Å²) in [6.45, 7) is 2.71. The van der Waals surface area contributed by atoms with Gasteiger partial charge in [-0.05, 0) is 49.9 Å². The molecule has 1 aromatic heterocycles. The van der Waals surface area contributed by atoms with E-state index in [-0.39, 0.29) is 17.9 Å². The number of likely N-dealkylation sites (tertiary alicyclic amines) is 1. The molecule has 5 rings (SSSR count). The summed E-state index contributed by atoms with van der Waals surface area (Å²) >= 11 is 0. The third-order valence-electron chi connectivity index (χ3n) is 6.07. The fraction of sp³-hybridized carbons (Fsp3) is 0.417. The molecule has 1 N–H and O–H groups in total. The van der Waals surface area contributed by atoms with E-state index in [1.807, 2.05) is 53.4 Å². The van der Waals surface area contributed by atoms with Crippen LogP contribution in [0.15, 0.2) is 48.5 Å². The van der Waals surface area contributed by atoms with Gasteiger partial charge in [0.2, 0.25) is 0 Å². The first-order valence-corrected chi connectivity index (χ1v) is 10.9. The summed E-state index contributed by atoms with van der Waals surface area (Å²) in [5, 5.41) is 0. The topological polar surface area (TPSA) is 67.5 Å². The average Bonchev–Trinajstić information content (AvgIpc) is 3.47. The maximum Gasteiger partial charge on any atom is 0.257 e. The molecule has 0 aliphatic carbocycles. The summed E-state index contributed by atoms with van der Waals surface area (Å²) in [5.74, 6) is 1.86. The number of amides is 1. The van der Waals surface area contributed by atoms with E-state index in [0.29, 0.717) is 24.5 Å². The van der Waals surface area contributed by atoms with E-state index in [1.165, 1.54) is 0 Å². The fourth-order valence-corrected chi connectivity index (χ4v) is 4.45. The molecule has 0 saturated carbocycles. The number of hydrogen-bond acceptors (Lipinski definition) is 4. The number of carbonyl (C=O) groups excluding carboxylic acids is 1. The van der Waals surface area contributed by atoms with Crippen LogP contribution < -0.4 is 4.74 Å². The zero-order valence-corrected chi connectivity index (χ0v) is 17.0. The summed E-state index contributed by atoms with van der Waals surface area (Å²) in [6.07, 6.45) is 4.21. The number of carbonyl (C=O) groups is 1. The van der Waals surface area contributed by atoms with Gasteiger partial charge in [0.1, 0.15) is 18.2 Å². The third-order valence-corrected chi connectivity index (χ3v) is 6.07. The molecule has 2 fully saturated rings. The number of piperidine rings is 1. The van der Waals surface area contributed by atoms with E-state index in [1.54, 1.807) is 0 Å². The maximum atomic E-state index is 13.3. The second kappa shape index (κ2) is 8.48. The number of hydrogen-bond donors (Lipinski definition) is 1. The minimum atomic E-state index is 0.0266. The van der Waals surface area contributed by atoms with Crippen LogP contribution in [-0.2, 0) is 4.74 Å². The van der Waals surface area contributed by atoms with Crippen LogP contribution in [-0.4, -0.2) is 53.2 Å². The van der Waals surface area contributed by atoms with Crippen molar-refractivity contribution in [3.8, 4) is 5.75 Å². The molecule has 2 atom stereocenters. The average molecular weight is 405 g/mol. The molecular weight excluding hydrogens is 378 g/mol. The van der Waals surface area contributed by atoms with Gasteiger partial charge in [0.05, 0.1) is 22.7 Å². The SMILES string of the molecule is O=C(c1ccccc1OC[C@H]1CCCO1)N1CCC[C@@H](c2nc3ccccc3[nH]2)C1. The normalized spacial score (nSPS) is 21.8. The number of aromatic amines is 1. The molecule has 3 heterocycles. The van der Waals surface area contributed by atoms with E-state index < -0.39 is 0 Å². The lowest BCUT2D eigenvalue weighted by Crippen LogP contribution is -2.39. The summed E-state index contributed by atoms with van der Waals surface area (Å²) in [4.78, 5) is 23.5. The van der Waals surface area contributed by atoms with Gasteiger partial charge in [0, 0.05) is 25.6 Å². The second-order valence-corrected chi connectivity index (χ2v) is 8.17. The monoisotopic (exact) mass is 405 g/mol. The van der Waals surface area contributed by atoms with E-state index in [4.69, 9.17) is 14.5 Å². The van der Waals surface area contributed by atoms with Crippen LogP contribution in [0.3, 0.4) is 0 Å². The van der Waals surface area contributed by atoms with Crippen LogP contribution in [0.1, 0.15) is 47.8 Å². The molecule has 2 aromatic carbocycles. The number of ether oxygens (including phenoxy) is 2. The lowest BCUT2D eigenvalue weighted by atomic mass is 9.96. The molecule has 156 valence electrons. The van der Waals surface area contributed by atoms with Gasteiger partial charge in [0.15, 0.2) is 0 Å².